The van der Waals surface area contributed by atoms with Crippen LogP contribution < -0.4 is 10.2 Å². The van der Waals surface area contributed by atoms with E-state index in [1.54, 1.807) is 12.1 Å². The molecular weight excluding hydrogens is 265 g/mol. The number of rotatable bonds is 4. The molecule has 1 unspecified atom stereocenters. The molecule has 20 heavy (non-hydrogen) atoms. The van der Waals surface area contributed by atoms with Crippen LogP contribution in [-0.4, -0.2) is 25.7 Å². The fraction of sp³-hybridized carbons (Fsp3) is 0.600. The predicted molar refractivity (Wildman–Crippen MR) is 75.1 cm³/mol. The van der Waals surface area contributed by atoms with Crippen LogP contribution in [0, 0.1) is 6.92 Å². The van der Waals surface area contributed by atoms with Crippen LogP contribution in [0.3, 0.4) is 0 Å². The molecule has 1 N–H and O–H groups in total. The molecule has 0 bridgehead atoms. The number of hydrogen-bond donors (Lipinski definition) is 1. The quantitative estimate of drug-likeness (QED) is 0.910. The van der Waals surface area contributed by atoms with Crippen molar-refractivity contribution in [2.45, 2.75) is 38.9 Å². The van der Waals surface area contributed by atoms with E-state index in [0.717, 1.165) is 32.5 Å². The van der Waals surface area contributed by atoms with Gasteiger partial charge in [-0.25, -0.2) is 0 Å². The molecule has 0 saturated carbocycles. The Morgan fingerprint density at radius 2 is 2.10 bits per heavy atom. The van der Waals surface area contributed by atoms with Gasteiger partial charge in [0.2, 0.25) is 0 Å². The molecule has 1 heterocycles. The lowest BCUT2D eigenvalue weighted by molar-refractivity contribution is -0.138. The molecule has 2 nitrogen and oxygen atoms in total. The summed E-state index contributed by atoms with van der Waals surface area (Å²) >= 11 is 0. The second kappa shape index (κ2) is 6.04. The van der Waals surface area contributed by atoms with Crippen LogP contribution in [0.15, 0.2) is 18.2 Å². The number of benzene rings is 1. The van der Waals surface area contributed by atoms with Gasteiger partial charge in [-0.15, -0.1) is 0 Å². The monoisotopic (exact) mass is 286 g/mol. The molecule has 1 aromatic rings. The van der Waals surface area contributed by atoms with E-state index >= 15 is 0 Å². The first-order valence-electron chi connectivity index (χ1n) is 7.08. The molecule has 0 aliphatic carbocycles. The van der Waals surface area contributed by atoms with E-state index in [0.29, 0.717) is 11.7 Å². The Kier molecular flexibility index (Phi) is 4.58. The van der Waals surface area contributed by atoms with Crippen LogP contribution in [0.25, 0.3) is 0 Å². The molecule has 1 fully saturated rings. The maximum atomic E-state index is 12.9. The summed E-state index contributed by atoms with van der Waals surface area (Å²) in [6.45, 7) is 6.15. The Morgan fingerprint density at radius 1 is 1.35 bits per heavy atom. The average Bonchev–Trinajstić information content (AvgIpc) is 2.84. The molecule has 0 aromatic heterocycles. The molecule has 1 aromatic carbocycles. The third-order valence-electron chi connectivity index (χ3n) is 3.76. The fourth-order valence-electron chi connectivity index (χ4n) is 2.62. The summed E-state index contributed by atoms with van der Waals surface area (Å²) in [7, 11) is 0. The highest BCUT2D eigenvalue weighted by Crippen LogP contribution is 2.34. The standard InChI is InChI=1S/C15H21F3N2/c1-3-7-19-12-6-8-20(10-12)13-5-4-11(2)14(9-13)15(16,17)18/h4-5,9,12,19H,3,6-8,10H2,1-2H3. The smallest absolute Gasteiger partial charge is 0.370 e. The first-order valence-corrected chi connectivity index (χ1v) is 7.08. The summed E-state index contributed by atoms with van der Waals surface area (Å²) in [6.07, 6.45) is -2.23. The Hall–Kier alpha value is -1.23. The minimum absolute atomic E-state index is 0.279. The number of nitrogens with zero attached hydrogens (tertiary/aromatic N) is 1. The number of nitrogens with one attached hydrogen (secondary N) is 1. The molecule has 112 valence electrons. The van der Waals surface area contributed by atoms with Gasteiger partial charge >= 0.3 is 6.18 Å². The summed E-state index contributed by atoms with van der Waals surface area (Å²) in [5.41, 5.74) is 0.421. The van der Waals surface area contributed by atoms with Gasteiger partial charge in [-0.05, 0) is 44.0 Å². The molecule has 1 aliphatic heterocycles. The van der Waals surface area contributed by atoms with Gasteiger partial charge in [-0.1, -0.05) is 13.0 Å². The molecule has 5 heteroatoms. The maximum Gasteiger partial charge on any atom is 0.416 e. The fourth-order valence-corrected chi connectivity index (χ4v) is 2.62. The topological polar surface area (TPSA) is 15.3 Å². The van der Waals surface area contributed by atoms with Crippen molar-refractivity contribution in [3.63, 3.8) is 0 Å². The summed E-state index contributed by atoms with van der Waals surface area (Å²) < 4.78 is 38.8. The largest absolute Gasteiger partial charge is 0.416 e. The normalized spacial score (nSPS) is 19.6. The number of alkyl halides is 3. The Balaban J connectivity index is 2.11. The van der Waals surface area contributed by atoms with Crippen molar-refractivity contribution in [1.82, 2.24) is 5.32 Å². The Morgan fingerprint density at radius 3 is 2.75 bits per heavy atom. The molecule has 0 amide bonds. The van der Waals surface area contributed by atoms with Crippen molar-refractivity contribution >= 4 is 5.69 Å². The van der Waals surface area contributed by atoms with Crippen molar-refractivity contribution in [3.05, 3.63) is 29.3 Å². The van der Waals surface area contributed by atoms with Gasteiger partial charge in [-0.3, -0.25) is 0 Å². The van der Waals surface area contributed by atoms with Gasteiger partial charge in [-0.2, -0.15) is 13.2 Å². The lowest BCUT2D eigenvalue weighted by atomic mass is 10.1. The SMILES string of the molecule is CCCNC1CCN(c2ccc(C)c(C(F)(F)F)c2)C1. The zero-order valence-corrected chi connectivity index (χ0v) is 11.9. The third-order valence-corrected chi connectivity index (χ3v) is 3.76. The van der Waals surface area contributed by atoms with Gasteiger partial charge in [0.1, 0.15) is 0 Å². The van der Waals surface area contributed by atoms with Crippen LogP contribution in [0.5, 0.6) is 0 Å². The van der Waals surface area contributed by atoms with Crippen LogP contribution in [0.1, 0.15) is 30.9 Å². The van der Waals surface area contributed by atoms with Gasteiger partial charge < -0.3 is 10.2 Å². The molecular formula is C15H21F3N2. The molecule has 1 atom stereocenters. The third kappa shape index (κ3) is 3.45. The number of anilines is 1. The van der Waals surface area contributed by atoms with Gasteiger partial charge in [0.15, 0.2) is 0 Å². The summed E-state index contributed by atoms with van der Waals surface area (Å²) in [4.78, 5) is 2.03. The van der Waals surface area contributed by atoms with E-state index in [4.69, 9.17) is 0 Å². The molecule has 0 radical (unpaired) electrons. The summed E-state index contributed by atoms with van der Waals surface area (Å²) in [6, 6.07) is 5.00. The van der Waals surface area contributed by atoms with Crippen molar-refractivity contribution in [1.29, 1.82) is 0 Å². The highest BCUT2D eigenvalue weighted by Gasteiger charge is 2.33. The van der Waals surface area contributed by atoms with Gasteiger partial charge in [0, 0.05) is 24.8 Å². The van der Waals surface area contributed by atoms with Crippen molar-refractivity contribution in [3.8, 4) is 0 Å². The van der Waals surface area contributed by atoms with Gasteiger partial charge in [0.05, 0.1) is 5.56 Å². The van der Waals surface area contributed by atoms with E-state index in [9.17, 15) is 13.2 Å². The second-order valence-electron chi connectivity index (χ2n) is 5.38. The number of hydrogen-bond acceptors (Lipinski definition) is 2. The van der Waals surface area contributed by atoms with Crippen molar-refractivity contribution in [2.75, 3.05) is 24.5 Å². The Bertz CT molecular complexity index is 457. The minimum Gasteiger partial charge on any atom is -0.370 e. The summed E-state index contributed by atoms with van der Waals surface area (Å²) in [5, 5.41) is 3.42. The highest BCUT2D eigenvalue weighted by atomic mass is 19.4. The maximum absolute atomic E-state index is 12.9. The lowest BCUT2D eigenvalue weighted by Gasteiger charge is -2.21. The summed E-state index contributed by atoms with van der Waals surface area (Å²) in [5.74, 6) is 0. The van der Waals surface area contributed by atoms with Crippen LogP contribution in [-0.2, 0) is 6.18 Å². The molecule has 2 rings (SSSR count). The second-order valence-corrected chi connectivity index (χ2v) is 5.38. The van der Waals surface area contributed by atoms with Crippen molar-refractivity contribution in [2.24, 2.45) is 0 Å². The highest BCUT2D eigenvalue weighted by molar-refractivity contribution is 5.52. The molecule has 1 aliphatic rings. The van der Waals surface area contributed by atoms with E-state index in [1.165, 1.54) is 13.0 Å². The van der Waals surface area contributed by atoms with Crippen LogP contribution in [0.2, 0.25) is 0 Å². The van der Waals surface area contributed by atoms with E-state index in [-0.39, 0.29) is 5.56 Å². The van der Waals surface area contributed by atoms with E-state index in [1.807, 2.05) is 4.90 Å². The molecule has 0 spiro atoms. The van der Waals surface area contributed by atoms with E-state index in [2.05, 4.69) is 12.2 Å². The zero-order valence-electron chi connectivity index (χ0n) is 11.9. The average molecular weight is 286 g/mol. The minimum atomic E-state index is -4.28. The first-order chi connectivity index (χ1) is 9.41. The predicted octanol–water partition coefficient (Wildman–Crippen LogP) is 3.59. The van der Waals surface area contributed by atoms with E-state index < -0.39 is 11.7 Å². The first kappa shape index (κ1) is 15.2. The number of halogens is 3. The lowest BCUT2D eigenvalue weighted by Crippen LogP contribution is -2.33. The Labute approximate surface area is 118 Å². The number of aryl methyl sites for hydroxylation is 1. The van der Waals surface area contributed by atoms with Crippen LogP contribution >= 0.6 is 0 Å². The van der Waals surface area contributed by atoms with Gasteiger partial charge in [0.25, 0.3) is 0 Å². The van der Waals surface area contributed by atoms with Crippen molar-refractivity contribution < 1.29 is 13.2 Å². The molecule has 1 saturated heterocycles. The van der Waals surface area contributed by atoms with Crippen LogP contribution in [0.4, 0.5) is 18.9 Å². The zero-order chi connectivity index (χ0) is 14.8.